The lowest BCUT2D eigenvalue weighted by atomic mass is 10.0. The number of primary amides is 2. The summed E-state index contributed by atoms with van der Waals surface area (Å²) in [5.74, 6) is -3.85. The highest BCUT2D eigenvalue weighted by Crippen LogP contribution is 2.38. The normalized spacial score (nSPS) is 16.4. The molecule has 10 nitrogen and oxygen atoms in total. The van der Waals surface area contributed by atoms with E-state index in [1.165, 1.54) is 5.56 Å². The van der Waals surface area contributed by atoms with Crippen LogP contribution in [-0.4, -0.2) is 46.8 Å². The van der Waals surface area contributed by atoms with Crippen LogP contribution in [-0.2, 0) is 30.4 Å². The van der Waals surface area contributed by atoms with Gasteiger partial charge in [-0.3, -0.25) is 24.0 Å². The summed E-state index contributed by atoms with van der Waals surface area (Å²) in [5.41, 5.74) is 12.5. The number of rotatable bonds is 14. The van der Waals surface area contributed by atoms with Gasteiger partial charge in [0.1, 0.15) is 12.1 Å². The lowest BCUT2D eigenvalue weighted by molar-refractivity contribution is -0.138. The minimum absolute atomic E-state index is 0.0941. The second-order valence-electron chi connectivity index (χ2n) is 7.99. The first-order valence-electron chi connectivity index (χ1n) is 10.9. The molecule has 0 radical (unpaired) electrons. The molecule has 3 atom stereocenters. The second kappa shape index (κ2) is 13.4. The van der Waals surface area contributed by atoms with E-state index in [4.69, 9.17) is 16.6 Å². The van der Waals surface area contributed by atoms with E-state index in [2.05, 4.69) is 22.1 Å². The lowest BCUT2D eigenvalue weighted by Crippen LogP contribution is -2.53. The van der Waals surface area contributed by atoms with Gasteiger partial charge < -0.3 is 27.2 Å². The number of nitrogens with two attached hydrogens (primary N) is 2. The Morgan fingerprint density at radius 1 is 0.971 bits per heavy atom. The van der Waals surface area contributed by atoms with Crippen molar-refractivity contribution >= 4 is 41.4 Å². The highest BCUT2D eigenvalue weighted by atomic mass is 32.2. The first-order chi connectivity index (χ1) is 16.2. The van der Waals surface area contributed by atoms with Crippen molar-refractivity contribution in [3.05, 3.63) is 46.9 Å². The minimum Gasteiger partial charge on any atom is -0.481 e. The summed E-state index contributed by atoms with van der Waals surface area (Å²) in [4.78, 5) is 58.7. The minimum atomic E-state index is -1.17. The van der Waals surface area contributed by atoms with Crippen LogP contribution >= 0.6 is 11.8 Å². The zero-order valence-corrected chi connectivity index (χ0v) is 19.5. The van der Waals surface area contributed by atoms with Crippen LogP contribution < -0.4 is 22.1 Å². The number of nitrogens with one attached hydrogen (secondary N) is 2. The van der Waals surface area contributed by atoms with Crippen LogP contribution in [0.3, 0.4) is 0 Å². The number of benzene rings is 1. The number of amides is 4. The number of hydrogen-bond donors (Lipinski definition) is 5. The number of carbonyl (C=O) groups excluding carboxylic acids is 4. The molecular weight excluding hydrogens is 460 g/mol. The van der Waals surface area contributed by atoms with E-state index in [9.17, 15) is 24.0 Å². The molecule has 0 aromatic heterocycles. The molecule has 11 heteroatoms. The predicted octanol–water partition coefficient (Wildman–Crippen LogP) is 0.896. The van der Waals surface area contributed by atoms with Crippen LogP contribution in [0.4, 0.5) is 0 Å². The molecular formula is C23H30N4O6S. The first kappa shape index (κ1) is 26.9. The second-order valence-corrected chi connectivity index (χ2v) is 9.11. The lowest BCUT2D eigenvalue weighted by Gasteiger charge is -2.21. The van der Waals surface area contributed by atoms with Gasteiger partial charge in [-0.2, -0.15) is 0 Å². The van der Waals surface area contributed by atoms with E-state index >= 15 is 0 Å². The van der Waals surface area contributed by atoms with Gasteiger partial charge in [-0.1, -0.05) is 30.3 Å². The zero-order valence-electron chi connectivity index (χ0n) is 18.7. The molecule has 0 saturated carbocycles. The highest BCUT2D eigenvalue weighted by molar-refractivity contribution is 8.02. The summed E-state index contributed by atoms with van der Waals surface area (Å²) in [5, 5.41) is 16.4. The van der Waals surface area contributed by atoms with Crippen LogP contribution in [0.25, 0.3) is 0 Å². The Kier molecular flexibility index (Phi) is 10.6. The third-order valence-corrected chi connectivity index (χ3v) is 6.46. The average Bonchev–Trinajstić information content (AvgIpc) is 3.32. The molecule has 34 heavy (non-hydrogen) atoms. The molecule has 7 N–H and O–H groups in total. The third kappa shape index (κ3) is 9.26. The maximum Gasteiger partial charge on any atom is 0.303 e. The predicted molar refractivity (Wildman–Crippen MR) is 127 cm³/mol. The van der Waals surface area contributed by atoms with Crippen molar-refractivity contribution in [3.63, 3.8) is 0 Å². The van der Waals surface area contributed by atoms with E-state index in [0.29, 0.717) is 11.7 Å². The summed E-state index contributed by atoms with van der Waals surface area (Å²) in [7, 11) is 0. The molecule has 1 aromatic carbocycles. The Hall–Kier alpha value is -3.34. The Morgan fingerprint density at radius 2 is 1.65 bits per heavy atom. The Bertz CT molecular complexity index is 926. The SMILES string of the molecule is NC(=O)CC[C@H](NC(=O)[C@H](CCC(=O)O)NC(=O)CCc1ccc(C2CC=CS2)cc1)C(N)=O. The van der Waals surface area contributed by atoms with Crippen molar-refractivity contribution in [2.75, 3.05) is 0 Å². The van der Waals surface area contributed by atoms with Crippen LogP contribution in [0.1, 0.15) is 54.9 Å². The number of carbonyl (C=O) groups is 5. The van der Waals surface area contributed by atoms with Crippen LogP contribution in [0, 0.1) is 0 Å². The van der Waals surface area contributed by atoms with Gasteiger partial charge in [0.15, 0.2) is 0 Å². The number of aryl methyl sites for hydroxylation is 1. The highest BCUT2D eigenvalue weighted by Gasteiger charge is 2.26. The van der Waals surface area contributed by atoms with Crippen molar-refractivity contribution in [2.45, 2.75) is 62.3 Å². The van der Waals surface area contributed by atoms with Crippen LogP contribution in [0.5, 0.6) is 0 Å². The van der Waals surface area contributed by atoms with Crippen LogP contribution in [0.2, 0.25) is 0 Å². The van der Waals surface area contributed by atoms with Gasteiger partial charge in [0, 0.05) is 24.5 Å². The Morgan fingerprint density at radius 3 is 2.21 bits per heavy atom. The zero-order chi connectivity index (χ0) is 25.1. The van der Waals surface area contributed by atoms with Crippen LogP contribution in [0.15, 0.2) is 35.7 Å². The van der Waals surface area contributed by atoms with Gasteiger partial charge in [-0.25, -0.2) is 0 Å². The number of carboxylic acids is 1. The summed E-state index contributed by atoms with van der Waals surface area (Å²) in [6.07, 6.45) is 2.86. The fourth-order valence-corrected chi connectivity index (χ4v) is 4.35. The number of thioether (sulfide) groups is 1. The van der Waals surface area contributed by atoms with Gasteiger partial charge in [0.25, 0.3) is 0 Å². The van der Waals surface area contributed by atoms with E-state index in [1.54, 1.807) is 11.8 Å². The van der Waals surface area contributed by atoms with E-state index in [1.807, 2.05) is 24.3 Å². The first-order valence-corrected chi connectivity index (χ1v) is 11.9. The van der Waals surface area contributed by atoms with Crippen molar-refractivity contribution in [1.29, 1.82) is 0 Å². The number of allylic oxidation sites excluding steroid dienone is 1. The molecule has 1 heterocycles. The van der Waals surface area contributed by atoms with E-state index in [0.717, 1.165) is 12.0 Å². The maximum atomic E-state index is 12.6. The molecule has 0 fully saturated rings. The molecule has 1 unspecified atom stereocenters. The van der Waals surface area contributed by atoms with E-state index in [-0.39, 0.29) is 32.1 Å². The molecule has 0 saturated heterocycles. The standard InChI is InChI=1S/C23H30N4O6S/c24-19(28)10-8-16(22(25)32)27-23(33)17(9-12-21(30)31)26-20(29)11-5-14-3-6-15(7-4-14)18-2-1-13-34-18/h1,3-4,6-7,13,16-18H,2,5,8-12H2,(H2,24,28)(H2,25,32)(H,26,29)(H,27,33)(H,30,31)/t16-,17-,18?/m0/s1. The number of hydrogen-bond acceptors (Lipinski definition) is 6. The van der Waals surface area contributed by atoms with Gasteiger partial charge in [-0.15, -0.1) is 11.8 Å². The van der Waals surface area contributed by atoms with Crippen molar-refractivity contribution in [3.8, 4) is 0 Å². The Balaban J connectivity index is 1.92. The van der Waals surface area contributed by atoms with E-state index < -0.39 is 41.7 Å². The van der Waals surface area contributed by atoms with Gasteiger partial charge in [0.2, 0.25) is 23.6 Å². The molecule has 4 amide bonds. The summed E-state index contributed by atoms with van der Waals surface area (Å²) < 4.78 is 0. The summed E-state index contributed by atoms with van der Waals surface area (Å²) in [6, 6.07) is 5.66. The fraction of sp³-hybridized carbons (Fsp3) is 0.435. The molecule has 0 spiro atoms. The molecule has 0 aliphatic carbocycles. The largest absolute Gasteiger partial charge is 0.481 e. The molecule has 2 rings (SSSR count). The molecule has 1 aliphatic heterocycles. The number of aliphatic carboxylic acids is 1. The van der Waals surface area contributed by atoms with Gasteiger partial charge >= 0.3 is 5.97 Å². The third-order valence-electron chi connectivity index (χ3n) is 5.32. The van der Waals surface area contributed by atoms with Crippen molar-refractivity contribution in [1.82, 2.24) is 10.6 Å². The van der Waals surface area contributed by atoms with Crippen molar-refractivity contribution < 1.29 is 29.1 Å². The van der Waals surface area contributed by atoms with Crippen molar-refractivity contribution in [2.24, 2.45) is 11.5 Å². The fourth-order valence-electron chi connectivity index (χ4n) is 3.40. The van der Waals surface area contributed by atoms with Gasteiger partial charge in [-0.05, 0) is 42.2 Å². The average molecular weight is 491 g/mol. The molecule has 184 valence electrons. The quantitative estimate of drug-likeness (QED) is 0.257. The monoisotopic (exact) mass is 490 g/mol. The molecule has 1 aliphatic rings. The Labute approximate surface area is 201 Å². The molecule has 1 aromatic rings. The summed E-state index contributed by atoms with van der Waals surface area (Å²) >= 11 is 1.77. The number of carboxylic acid groups (broad SMARTS) is 1. The topological polar surface area (TPSA) is 182 Å². The smallest absolute Gasteiger partial charge is 0.303 e. The maximum absolute atomic E-state index is 12.6. The molecule has 0 bridgehead atoms. The van der Waals surface area contributed by atoms with Gasteiger partial charge in [0.05, 0.1) is 0 Å². The summed E-state index contributed by atoms with van der Waals surface area (Å²) in [6.45, 7) is 0.